The van der Waals surface area contributed by atoms with E-state index in [1.54, 1.807) is 6.07 Å². The molecule has 138 valence electrons. The summed E-state index contributed by atoms with van der Waals surface area (Å²) >= 11 is 6.38. The molecule has 3 N–H and O–H groups in total. The molecule has 5 nitrogen and oxygen atoms in total. The number of hydrogen-bond acceptors (Lipinski definition) is 4. The minimum absolute atomic E-state index is 0.0200. The fourth-order valence-corrected chi connectivity index (χ4v) is 2.86. The summed E-state index contributed by atoms with van der Waals surface area (Å²) in [7, 11) is 0. The molecule has 0 bridgehead atoms. The quantitative estimate of drug-likeness (QED) is 0.650. The van der Waals surface area contributed by atoms with E-state index < -0.39 is 23.0 Å². The van der Waals surface area contributed by atoms with Crippen LogP contribution in [0.3, 0.4) is 0 Å². The van der Waals surface area contributed by atoms with E-state index in [0.717, 1.165) is 0 Å². The molecule has 0 aliphatic rings. The second-order valence-electron chi connectivity index (χ2n) is 6.39. The number of aromatic nitrogens is 3. The first kappa shape index (κ1) is 18.3. The SMILES string of the molecule is CC(C)[C@@H](C)Nc1cc2nc(N)nn2c(Cl)c1-c1c(F)cc(F)cc1F. The van der Waals surface area contributed by atoms with Crippen LogP contribution in [0.5, 0.6) is 0 Å². The molecule has 0 saturated heterocycles. The van der Waals surface area contributed by atoms with E-state index in [4.69, 9.17) is 17.3 Å². The number of benzene rings is 1. The van der Waals surface area contributed by atoms with Crippen LogP contribution in [-0.2, 0) is 0 Å². The van der Waals surface area contributed by atoms with Crippen LogP contribution in [0.25, 0.3) is 16.8 Å². The van der Waals surface area contributed by atoms with Gasteiger partial charge in [-0.1, -0.05) is 25.4 Å². The van der Waals surface area contributed by atoms with Gasteiger partial charge in [-0.25, -0.2) is 13.2 Å². The first-order valence-electron chi connectivity index (χ1n) is 7.95. The molecule has 0 aliphatic carbocycles. The Morgan fingerprint density at radius 3 is 2.27 bits per heavy atom. The van der Waals surface area contributed by atoms with Gasteiger partial charge < -0.3 is 11.1 Å². The van der Waals surface area contributed by atoms with Crippen molar-refractivity contribution in [2.24, 2.45) is 5.92 Å². The van der Waals surface area contributed by atoms with Crippen molar-refractivity contribution in [1.82, 2.24) is 14.6 Å². The minimum atomic E-state index is -1.07. The molecule has 26 heavy (non-hydrogen) atoms. The molecule has 0 unspecified atom stereocenters. The molecule has 1 atom stereocenters. The summed E-state index contributed by atoms with van der Waals surface area (Å²) in [5.74, 6) is -2.97. The molecule has 2 heterocycles. The lowest BCUT2D eigenvalue weighted by atomic mass is 10.0. The number of nitrogens with one attached hydrogen (secondary N) is 1. The second-order valence-corrected chi connectivity index (χ2v) is 6.74. The van der Waals surface area contributed by atoms with E-state index in [1.807, 2.05) is 20.8 Å². The number of pyridine rings is 1. The molecule has 3 rings (SSSR count). The molecular weight excluding hydrogens is 367 g/mol. The number of halogens is 4. The number of anilines is 2. The maximum absolute atomic E-state index is 14.4. The summed E-state index contributed by atoms with van der Waals surface area (Å²) in [6.07, 6.45) is 0. The lowest BCUT2D eigenvalue weighted by Crippen LogP contribution is -2.22. The minimum Gasteiger partial charge on any atom is -0.382 e. The van der Waals surface area contributed by atoms with Gasteiger partial charge in [-0.05, 0) is 12.8 Å². The number of nitrogens with two attached hydrogens (primary N) is 1. The topological polar surface area (TPSA) is 68.2 Å². The molecule has 0 spiro atoms. The van der Waals surface area contributed by atoms with E-state index in [9.17, 15) is 13.2 Å². The normalized spacial score (nSPS) is 12.8. The fourth-order valence-electron chi connectivity index (χ4n) is 2.54. The largest absolute Gasteiger partial charge is 0.382 e. The Kier molecular flexibility index (Phi) is 4.70. The van der Waals surface area contributed by atoms with Gasteiger partial charge in [-0.2, -0.15) is 9.50 Å². The molecule has 0 radical (unpaired) electrons. The predicted octanol–water partition coefficient (Wildman–Crippen LogP) is 4.51. The average Bonchev–Trinajstić information content (AvgIpc) is 2.89. The molecule has 0 saturated carbocycles. The van der Waals surface area contributed by atoms with Crippen LogP contribution >= 0.6 is 11.6 Å². The van der Waals surface area contributed by atoms with E-state index in [1.165, 1.54) is 4.52 Å². The van der Waals surface area contributed by atoms with Crippen molar-refractivity contribution < 1.29 is 13.2 Å². The van der Waals surface area contributed by atoms with Gasteiger partial charge in [0, 0.05) is 35.5 Å². The number of rotatable bonds is 4. The van der Waals surface area contributed by atoms with Gasteiger partial charge in [0.1, 0.15) is 22.6 Å². The number of nitrogen functional groups attached to an aromatic ring is 1. The summed E-state index contributed by atoms with van der Waals surface area (Å²) in [5, 5.41) is 7.03. The van der Waals surface area contributed by atoms with Crippen LogP contribution in [-0.4, -0.2) is 20.6 Å². The van der Waals surface area contributed by atoms with Crippen molar-refractivity contribution in [3.05, 3.63) is 40.8 Å². The molecule has 0 aliphatic heterocycles. The van der Waals surface area contributed by atoms with Crippen LogP contribution in [0.1, 0.15) is 20.8 Å². The highest BCUT2D eigenvalue weighted by atomic mass is 35.5. The third-order valence-electron chi connectivity index (χ3n) is 4.22. The van der Waals surface area contributed by atoms with Gasteiger partial charge >= 0.3 is 0 Å². The monoisotopic (exact) mass is 383 g/mol. The van der Waals surface area contributed by atoms with Crippen molar-refractivity contribution >= 4 is 28.9 Å². The van der Waals surface area contributed by atoms with Gasteiger partial charge in [-0.3, -0.25) is 0 Å². The van der Waals surface area contributed by atoms with Crippen LogP contribution in [0.4, 0.5) is 24.8 Å². The average molecular weight is 384 g/mol. The predicted molar refractivity (Wildman–Crippen MR) is 95.6 cm³/mol. The third kappa shape index (κ3) is 3.16. The van der Waals surface area contributed by atoms with Gasteiger partial charge in [0.2, 0.25) is 5.95 Å². The highest BCUT2D eigenvalue weighted by molar-refractivity contribution is 6.33. The van der Waals surface area contributed by atoms with Gasteiger partial charge in [0.15, 0.2) is 5.65 Å². The van der Waals surface area contributed by atoms with Crippen molar-refractivity contribution in [3.8, 4) is 11.1 Å². The highest BCUT2D eigenvalue weighted by Crippen LogP contribution is 2.39. The summed E-state index contributed by atoms with van der Waals surface area (Å²) in [6.45, 7) is 5.90. The maximum Gasteiger partial charge on any atom is 0.240 e. The second kappa shape index (κ2) is 6.68. The first-order valence-corrected chi connectivity index (χ1v) is 8.33. The zero-order valence-corrected chi connectivity index (χ0v) is 15.1. The smallest absolute Gasteiger partial charge is 0.240 e. The highest BCUT2D eigenvalue weighted by Gasteiger charge is 2.24. The summed E-state index contributed by atoms with van der Waals surface area (Å²) in [5.41, 5.74) is 5.84. The molecule has 1 aromatic carbocycles. The molecule has 2 aromatic heterocycles. The Morgan fingerprint density at radius 2 is 1.69 bits per heavy atom. The van der Waals surface area contributed by atoms with Crippen molar-refractivity contribution in [1.29, 1.82) is 0 Å². The molecular formula is C17H17ClF3N5. The van der Waals surface area contributed by atoms with Gasteiger partial charge in [-0.15, -0.1) is 5.10 Å². The molecule has 9 heteroatoms. The van der Waals surface area contributed by atoms with Crippen molar-refractivity contribution in [2.75, 3.05) is 11.1 Å². The van der Waals surface area contributed by atoms with E-state index in [2.05, 4.69) is 15.4 Å². The zero-order chi connectivity index (χ0) is 19.2. The van der Waals surface area contributed by atoms with Crippen molar-refractivity contribution in [3.63, 3.8) is 0 Å². The van der Waals surface area contributed by atoms with Crippen LogP contribution in [0, 0.1) is 23.4 Å². The van der Waals surface area contributed by atoms with E-state index in [-0.39, 0.29) is 28.6 Å². The molecule has 3 aromatic rings. The summed E-state index contributed by atoms with van der Waals surface area (Å²) < 4.78 is 43.3. The van der Waals surface area contributed by atoms with Crippen LogP contribution in [0.2, 0.25) is 5.15 Å². The zero-order valence-electron chi connectivity index (χ0n) is 14.3. The van der Waals surface area contributed by atoms with Crippen LogP contribution < -0.4 is 11.1 Å². The van der Waals surface area contributed by atoms with Gasteiger partial charge in [0.25, 0.3) is 0 Å². The lowest BCUT2D eigenvalue weighted by Gasteiger charge is -2.22. The Balaban J connectivity index is 2.33. The lowest BCUT2D eigenvalue weighted by molar-refractivity contribution is 0.547. The number of nitrogens with zero attached hydrogens (tertiary/aromatic N) is 3. The Hall–Kier alpha value is -2.48. The van der Waals surface area contributed by atoms with Crippen molar-refractivity contribution in [2.45, 2.75) is 26.8 Å². The number of fused-ring (bicyclic) bond motifs is 1. The Morgan fingerprint density at radius 1 is 1.08 bits per heavy atom. The van der Waals surface area contributed by atoms with E-state index >= 15 is 0 Å². The molecule has 0 amide bonds. The first-order chi connectivity index (χ1) is 12.2. The Labute approximate surface area is 153 Å². The summed E-state index contributed by atoms with van der Waals surface area (Å²) in [4.78, 5) is 4.04. The van der Waals surface area contributed by atoms with Gasteiger partial charge in [0.05, 0.1) is 5.56 Å². The number of hydrogen-bond donors (Lipinski definition) is 2. The maximum atomic E-state index is 14.4. The standard InChI is InChI=1S/C17H17ClF3N5/c1-7(2)8(3)23-12-6-13-24-17(22)25-26(13)16(18)15(12)14-10(20)4-9(19)5-11(14)21/h4-8,23H,1-3H3,(H2,22,25)/t8-/m1/s1. The fraction of sp³-hybridized carbons (Fsp3) is 0.294. The Bertz CT molecular complexity index is 963. The van der Waals surface area contributed by atoms with Crippen LogP contribution in [0.15, 0.2) is 18.2 Å². The third-order valence-corrected chi connectivity index (χ3v) is 4.57. The van der Waals surface area contributed by atoms with E-state index in [0.29, 0.717) is 23.5 Å². The summed E-state index contributed by atoms with van der Waals surface area (Å²) in [6, 6.07) is 2.71. The molecule has 0 fully saturated rings.